The highest BCUT2D eigenvalue weighted by Crippen LogP contribution is 2.05. The van der Waals surface area contributed by atoms with Crippen molar-refractivity contribution in [2.24, 2.45) is 11.7 Å². The Hall–Kier alpha value is -0.200. The molecule has 0 saturated carbocycles. The van der Waals surface area contributed by atoms with Crippen LogP contribution in [0.25, 0.3) is 0 Å². The summed E-state index contributed by atoms with van der Waals surface area (Å²) in [6.07, 6.45) is -1.96. The van der Waals surface area contributed by atoms with Gasteiger partial charge in [-0.15, -0.1) is 0 Å². The number of rotatable bonds is 5. The SMILES string of the molecule is CC(CO)C(O)NC(O)C(C)(C)N. The molecule has 0 bridgehead atoms. The first-order chi connectivity index (χ1) is 5.79. The molecule has 0 aliphatic carbocycles. The zero-order valence-electron chi connectivity index (χ0n) is 8.36. The van der Waals surface area contributed by atoms with Crippen LogP contribution in [0.2, 0.25) is 0 Å². The lowest BCUT2D eigenvalue weighted by Crippen LogP contribution is -2.57. The van der Waals surface area contributed by atoms with E-state index in [0.29, 0.717) is 0 Å². The lowest BCUT2D eigenvalue weighted by Gasteiger charge is -2.30. The summed E-state index contributed by atoms with van der Waals surface area (Å²) in [6.45, 7) is 4.79. The van der Waals surface area contributed by atoms with E-state index in [0.717, 1.165) is 0 Å². The van der Waals surface area contributed by atoms with Crippen molar-refractivity contribution in [1.82, 2.24) is 5.32 Å². The van der Waals surface area contributed by atoms with Gasteiger partial charge in [0.15, 0.2) is 0 Å². The fraction of sp³-hybridized carbons (Fsp3) is 1.00. The third kappa shape index (κ3) is 4.54. The highest BCUT2D eigenvalue weighted by Gasteiger charge is 2.26. The Bertz CT molecular complexity index is 147. The molecule has 0 spiro atoms. The van der Waals surface area contributed by atoms with E-state index in [9.17, 15) is 10.2 Å². The van der Waals surface area contributed by atoms with Crippen molar-refractivity contribution >= 4 is 0 Å². The van der Waals surface area contributed by atoms with Crippen molar-refractivity contribution in [3.63, 3.8) is 0 Å². The Morgan fingerprint density at radius 1 is 1.38 bits per heavy atom. The van der Waals surface area contributed by atoms with Crippen LogP contribution in [0, 0.1) is 5.92 Å². The normalized spacial score (nSPS) is 19.6. The second-order valence-corrected chi connectivity index (χ2v) is 4.00. The molecular formula is C8H20N2O3. The highest BCUT2D eigenvalue weighted by molar-refractivity contribution is 4.81. The Morgan fingerprint density at radius 3 is 2.15 bits per heavy atom. The van der Waals surface area contributed by atoms with E-state index in [2.05, 4.69) is 5.32 Å². The number of aliphatic hydroxyl groups excluding tert-OH is 3. The van der Waals surface area contributed by atoms with Gasteiger partial charge in [-0.25, -0.2) is 0 Å². The van der Waals surface area contributed by atoms with Crippen LogP contribution in [0.4, 0.5) is 0 Å². The van der Waals surface area contributed by atoms with Gasteiger partial charge >= 0.3 is 0 Å². The van der Waals surface area contributed by atoms with E-state index in [1.807, 2.05) is 0 Å². The van der Waals surface area contributed by atoms with E-state index in [1.54, 1.807) is 20.8 Å². The molecule has 5 heteroatoms. The van der Waals surface area contributed by atoms with Gasteiger partial charge in [0, 0.05) is 18.1 Å². The molecule has 0 fully saturated rings. The molecule has 13 heavy (non-hydrogen) atoms. The van der Waals surface area contributed by atoms with Crippen molar-refractivity contribution in [2.75, 3.05) is 6.61 Å². The summed E-state index contributed by atoms with van der Waals surface area (Å²) in [7, 11) is 0. The molecule has 80 valence electrons. The van der Waals surface area contributed by atoms with Crippen LogP contribution in [0.3, 0.4) is 0 Å². The lowest BCUT2D eigenvalue weighted by atomic mass is 10.0. The zero-order chi connectivity index (χ0) is 10.6. The minimum Gasteiger partial charge on any atom is -0.396 e. The Kier molecular flexibility index (Phi) is 4.80. The first kappa shape index (κ1) is 12.8. The van der Waals surface area contributed by atoms with E-state index >= 15 is 0 Å². The maximum Gasteiger partial charge on any atom is 0.124 e. The van der Waals surface area contributed by atoms with Gasteiger partial charge < -0.3 is 21.1 Å². The predicted octanol–water partition coefficient (Wildman–Crippen LogP) is -1.42. The van der Waals surface area contributed by atoms with Gasteiger partial charge in [0.05, 0.1) is 0 Å². The molecule has 0 aromatic rings. The summed E-state index contributed by atoms with van der Waals surface area (Å²) in [4.78, 5) is 0. The van der Waals surface area contributed by atoms with E-state index < -0.39 is 18.0 Å². The van der Waals surface area contributed by atoms with E-state index in [4.69, 9.17) is 10.8 Å². The van der Waals surface area contributed by atoms with Gasteiger partial charge in [0.1, 0.15) is 12.5 Å². The Morgan fingerprint density at radius 2 is 1.85 bits per heavy atom. The topological polar surface area (TPSA) is 98.7 Å². The average molecular weight is 192 g/mol. The van der Waals surface area contributed by atoms with Crippen molar-refractivity contribution in [1.29, 1.82) is 0 Å². The standard InChI is InChI=1S/C8H20N2O3/c1-5(4-11)6(12)10-7(13)8(2,3)9/h5-7,10-13H,4,9H2,1-3H3. The van der Waals surface area contributed by atoms with Gasteiger partial charge in [0.2, 0.25) is 0 Å². The summed E-state index contributed by atoms with van der Waals surface area (Å²) < 4.78 is 0. The molecule has 6 N–H and O–H groups in total. The van der Waals surface area contributed by atoms with Crippen molar-refractivity contribution in [2.45, 2.75) is 38.8 Å². The van der Waals surface area contributed by atoms with Gasteiger partial charge in [-0.05, 0) is 13.8 Å². The maximum absolute atomic E-state index is 9.42. The number of hydrogen-bond donors (Lipinski definition) is 5. The molecule has 3 atom stereocenters. The van der Waals surface area contributed by atoms with Gasteiger partial charge in [-0.3, -0.25) is 5.32 Å². The van der Waals surface area contributed by atoms with Crippen LogP contribution >= 0.6 is 0 Å². The van der Waals surface area contributed by atoms with E-state index in [1.165, 1.54) is 0 Å². The highest BCUT2D eigenvalue weighted by atomic mass is 16.3. The second-order valence-electron chi connectivity index (χ2n) is 4.00. The predicted molar refractivity (Wildman–Crippen MR) is 49.7 cm³/mol. The number of nitrogens with two attached hydrogens (primary N) is 1. The van der Waals surface area contributed by atoms with Gasteiger partial charge in [-0.1, -0.05) is 6.92 Å². The van der Waals surface area contributed by atoms with Crippen LogP contribution in [0.1, 0.15) is 20.8 Å². The average Bonchev–Trinajstić information content (AvgIpc) is 2.01. The summed E-state index contributed by atoms with van der Waals surface area (Å²) in [5.41, 5.74) is 4.76. The largest absolute Gasteiger partial charge is 0.396 e. The number of aliphatic hydroxyl groups is 3. The molecule has 3 unspecified atom stereocenters. The molecule has 0 heterocycles. The molecule has 0 aromatic carbocycles. The monoisotopic (exact) mass is 192 g/mol. The Balaban J connectivity index is 3.98. The molecule has 0 amide bonds. The van der Waals surface area contributed by atoms with E-state index in [-0.39, 0.29) is 12.5 Å². The third-order valence-corrected chi connectivity index (χ3v) is 1.86. The molecule has 0 saturated heterocycles. The zero-order valence-corrected chi connectivity index (χ0v) is 8.36. The number of nitrogens with one attached hydrogen (secondary N) is 1. The van der Waals surface area contributed by atoms with Gasteiger partial charge in [-0.2, -0.15) is 0 Å². The smallest absolute Gasteiger partial charge is 0.124 e. The van der Waals surface area contributed by atoms with Crippen LogP contribution in [-0.2, 0) is 0 Å². The molecular weight excluding hydrogens is 172 g/mol. The number of hydrogen-bond acceptors (Lipinski definition) is 5. The summed E-state index contributed by atoms with van der Waals surface area (Å²) in [5.74, 6) is -0.336. The molecule has 0 rings (SSSR count). The summed E-state index contributed by atoms with van der Waals surface area (Å²) in [6, 6.07) is 0. The van der Waals surface area contributed by atoms with Crippen molar-refractivity contribution in [3.8, 4) is 0 Å². The fourth-order valence-electron chi connectivity index (χ4n) is 0.641. The van der Waals surface area contributed by atoms with Crippen molar-refractivity contribution in [3.05, 3.63) is 0 Å². The maximum atomic E-state index is 9.42. The first-order valence-corrected chi connectivity index (χ1v) is 4.31. The summed E-state index contributed by atoms with van der Waals surface area (Å²) >= 11 is 0. The van der Waals surface area contributed by atoms with Gasteiger partial charge in [0.25, 0.3) is 0 Å². The fourth-order valence-corrected chi connectivity index (χ4v) is 0.641. The molecule has 0 radical (unpaired) electrons. The molecule has 0 aliphatic heterocycles. The van der Waals surface area contributed by atoms with Crippen LogP contribution in [0.15, 0.2) is 0 Å². The second kappa shape index (κ2) is 4.88. The van der Waals surface area contributed by atoms with Crippen LogP contribution < -0.4 is 11.1 Å². The molecule has 0 aliphatic rings. The van der Waals surface area contributed by atoms with Crippen molar-refractivity contribution < 1.29 is 15.3 Å². The third-order valence-electron chi connectivity index (χ3n) is 1.86. The minimum absolute atomic E-state index is 0.147. The van der Waals surface area contributed by atoms with Crippen LogP contribution in [-0.4, -0.2) is 39.9 Å². The summed E-state index contributed by atoms with van der Waals surface area (Å²) in [5, 5.41) is 30.0. The Labute approximate surface area is 78.6 Å². The molecule has 0 aromatic heterocycles. The minimum atomic E-state index is -1.00. The van der Waals surface area contributed by atoms with Crippen LogP contribution in [0.5, 0.6) is 0 Å². The molecule has 5 nitrogen and oxygen atoms in total. The quantitative estimate of drug-likeness (QED) is 0.344. The lowest BCUT2D eigenvalue weighted by molar-refractivity contribution is -0.0259. The first-order valence-electron chi connectivity index (χ1n) is 4.31.